The molecule has 1 heterocycles. The number of rotatable bonds is 3. The number of nitro groups is 1. The summed E-state index contributed by atoms with van der Waals surface area (Å²) in [4.78, 5) is 21.4. The van der Waals surface area contributed by atoms with E-state index in [0.29, 0.717) is 10.0 Å². The molecule has 7 nitrogen and oxygen atoms in total. The predicted molar refractivity (Wildman–Crippen MR) is 69.6 cm³/mol. The minimum absolute atomic E-state index is 0.128. The number of carboxylic acid groups (broad SMARTS) is 1. The molecular formula is C11H8BrN3O4. The maximum Gasteiger partial charge on any atom is 0.356 e. The summed E-state index contributed by atoms with van der Waals surface area (Å²) >= 11 is 3.15. The number of nitrogens with zero attached hydrogens (tertiary/aromatic N) is 3. The van der Waals surface area contributed by atoms with Gasteiger partial charge in [0.2, 0.25) is 0 Å². The Morgan fingerprint density at radius 1 is 1.53 bits per heavy atom. The molecule has 0 spiro atoms. The van der Waals surface area contributed by atoms with Gasteiger partial charge in [-0.05, 0) is 19.1 Å². The molecule has 0 radical (unpaired) electrons. The third-order valence-electron chi connectivity index (χ3n) is 2.48. The normalized spacial score (nSPS) is 10.4. The summed E-state index contributed by atoms with van der Waals surface area (Å²) in [5.74, 6) is -1.17. The van der Waals surface area contributed by atoms with Crippen LogP contribution in [0.5, 0.6) is 0 Å². The minimum Gasteiger partial charge on any atom is -0.476 e. The molecule has 2 aromatic rings. The average molecular weight is 326 g/mol. The zero-order valence-corrected chi connectivity index (χ0v) is 11.3. The van der Waals surface area contributed by atoms with E-state index < -0.39 is 10.9 Å². The molecule has 1 aromatic heterocycles. The number of aromatic nitrogens is 2. The molecule has 0 bridgehead atoms. The van der Waals surface area contributed by atoms with Crippen molar-refractivity contribution in [2.75, 3.05) is 0 Å². The van der Waals surface area contributed by atoms with Crippen LogP contribution in [0.15, 0.2) is 28.9 Å². The van der Waals surface area contributed by atoms with E-state index in [1.165, 1.54) is 23.0 Å². The van der Waals surface area contributed by atoms with Crippen molar-refractivity contribution in [2.45, 2.75) is 6.92 Å². The second kappa shape index (κ2) is 4.81. The Morgan fingerprint density at radius 3 is 2.74 bits per heavy atom. The van der Waals surface area contributed by atoms with Crippen molar-refractivity contribution in [3.63, 3.8) is 0 Å². The predicted octanol–water partition coefficient (Wildman–Crippen LogP) is 2.55. The summed E-state index contributed by atoms with van der Waals surface area (Å²) in [5.41, 5.74) is 0.361. The lowest BCUT2D eigenvalue weighted by Crippen LogP contribution is -2.04. The van der Waals surface area contributed by atoms with Gasteiger partial charge in [-0.1, -0.05) is 15.9 Å². The van der Waals surface area contributed by atoms with E-state index in [0.717, 1.165) is 0 Å². The Balaban J connectivity index is 2.62. The van der Waals surface area contributed by atoms with Crippen molar-refractivity contribution < 1.29 is 14.8 Å². The summed E-state index contributed by atoms with van der Waals surface area (Å²) in [6.07, 6.45) is 1.44. The number of carboxylic acids is 1. The smallest absolute Gasteiger partial charge is 0.356 e. The summed E-state index contributed by atoms with van der Waals surface area (Å²) in [5, 5.41) is 23.8. The summed E-state index contributed by atoms with van der Waals surface area (Å²) < 4.78 is 1.76. The molecule has 0 amide bonds. The number of hydrogen-bond donors (Lipinski definition) is 1. The zero-order chi connectivity index (χ0) is 14.2. The van der Waals surface area contributed by atoms with Crippen LogP contribution in [0.25, 0.3) is 5.69 Å². The van der Waals surface area contributed by atoms with Gasteiger partial charge in [-0.25, -0.2) is 9.48 Å². The van der Waals surface area contributed by atoms with Crippen LogP contribution >= 0.6 is 15.9 Å². The highest BCUT2D eigenvalue weighted by Crippen LogP contribution is 2.27. The van der Waals surface area contributed by atoms with Gasteiger partial charge in [0.05, 0.1) is 4.92 Å². The van der Waals surface area contributed by atoms with Crippen LogP contribution in [0, 0.1) is 17.0 Å². The zero-order valence-electron chi connectivity index (χ0n) is 9.70. The molecule has 0 aliphatic heterocycles. The van der Waals surface area contributed by atoms with Crippen molar-refractivity contribution in [1.82, 2.24) is 9.78 Å². The summed E-state index contributed by atoms with van der Waals surface area (Å²) in [6, 6.07) is 4.47. The lowest BCUT2D eigenvalue weighted by Gasteiger charge is -2.03. The summed E-state index contributed by atoms with van der Waals surface area (Å²) in [6.45, 7) is 1.58. The van der Waals surface area contributed by atoms with E-state index in [-0.39, 0.29) is 17.1 Å². The topological polar surface area (TPSA) is 98.3 Å². The number of halogens is 1. The van der Waals surface area contributed by atoms with Crippen molar-refractivity contribution >= 4 is 27.6 Å². The number of benzene rings is 1. The fourth-order valence-electron chi connectivity index (χ4n) is 1.63. The van der Waals surface area contributed by atoms with E-state index in [1.54, 1.807) is 13.0 Å². The van der Waals surface area contributed by atoms with E-state index in [2.05, 4.69) is 21.0 Å². The third-order valence-corrected chi connectivity index (χ3v) is 2.97. The Hall–Kier alpha value is -2.22. The molecule has 0 aliphatic carbocycles. The van der Waals surface area contributed by atoms with Crippen LogP contribution in [0.2, 0.25) is 0 Å². The number of aryl methyl sites for hydroxylation is 1. The third kappa shape index (κ3) is 2.48. The van der Waals surface area contributed by atoms with Gasteiger partial charge in [-0.3, -0.25) is 10.1 Å². The summed E-state index contributed by atoms with van der Waals surface area (Å²) in [7, 11) is 0. The molecule has 98 valence electrons. The van der Waals surface area contributed by atoms with E-state index in [4.69, 9.17) is 5.11 Å². The van der Waals surface area contributed by atoms with Crippen molar-refractivity contribution in [2.24, 2.45) is 0 Å². The molecular weight excluding hydrogens is 318 g/mol. The average Bonchev–Trinajstić information content (AvgIpc) is 2.71. The second-order valence-electron chi connectivity index (χ2n) is 3.80. The SMILES string of the molecule is Cc1cn(-c2ccc(Br)cc2[N+](=O)[O-])nc1C(=O)O. The Kier molecular flexibility index (Phi) is 3.34. The molecule has 19 heavy (non-hydrogen) atoms. The van der Waals surface area contributed by atoms with Crippen molar-refractivity contribution in [1.29, 1.82) is 0 Å². The first-order chi connectivity index (χ1) is 8.90. The van der Waals surface area contributed by atoms with Crippen LogP contribution in [0.3, 0.4) is 0 Å². The fraction of sp³-hybridized carbons (Fsp3) is 0.0909. The van der Waals surface area contributed by atoms with E-state index in [9.17, 15) is 14.9 Å². The Morgan fingerprint density at radius 2 is 2.21 bits per heavy atom. The number of nitro benzene ring substituents is 1. The minimum atomic E-state index is -1.17. The van der Waals surface area contributed by atoms with Gasteiger partial charge in [0.15, 0.2) is 5.69 Å². The molecule has 0 unspecified atom stereocenters. The van der Waals surface area contributed by atoms with Gasteiger partial charge in [-0.15, -0.1) is 0 Å². The number of aromatic carboxylic acids is 1. The quantitative estimate of drug-likeness (QED) is 0.690. The molecule has 0 saturated heterocycles. The fourth-order valence-corrected chi connectivity index (χ4v) is 1.98. The maximum atomic E-state index is 11.0. The van der Waals surface area contributed by atoms with Crippen LogP contribution in [-0.2, 0) is 0 Å². The van der Waals surface area contributed by atoms with Crippen LogP contribution in [0.4, 0.5) is 5.69 Å². The van der Waals surface area contributed by atoms with Crippen LogP contribution in [0.1, 0.15) is 16.1 Å². The molecule has 0 saturated carbocycles. The highest BCUT2D eigenvalue weighted by Gasteiger charge is 2.19. The number of hydrogen-bond acceptors (Lipinski definition) is 4. The van der Waals surface area contributed by atoms with Crippen molar-refractivity contribution in [3.05, 3.63) is 50.2 Å². The van der Waals surface area contributed by atoms with Gasteiger partial charge < -0.3 is 5.11 Å². The maximum absolute atomic E-state index is 11.0. The van der Waals surface area contributed by atoms with Gasteiger partial charge in [-0.2, -0.15) is 5.10 Å². The van der Waals surface area contributed by atoms with Gasteiger partial charge >= 0.3 is 5.97 Å². The van der Waals surface area contributed by atoms with Crippen LogP contribution < -0.4 is 0 Å². The molecule has 0 atom stereocenters. The second-order valence-corrected chi connectivity index (χ2v) is 4.72. The first-order valence-corrected chi connectivity index (χ1v) is 5.93. The van der Waals surface area contributed by atoms with Gasteiger partial charge in [0.1, 0.15) is 5.69 Å². The molecule has 8 heteroatoms. The van der Waals surface area contributed by atoms with Crippen molar-refractivity contribution in [3.8, 4) is 5.69 Å². The largest absolute Gasteiger partial charge is 0.476 e. The molecule has 1 N–H and O–H groups in total. The highest BCUT2D eigenvalue weighted by molar-refractivity contribution is 9.10. The monoisotopic (exact) mass is 325 g/mol. The molecule has 2 rings (SSSR count). The Bertz CT molecular complexity index is 681. The molecule has 0 fully saturated rings. The lowest BCUT2D eigenvalue weighted by molar-refractivity contribution is -0.384. The van der Waals surface area contributed by atoms with E-state index >= 15 is 0 Å². The van der Waals surface area contributed by atoms with Gasteiger partial charge in [0.25, 0.3) is 5.69 Å². The highest BCUT2D eigenvalue weighted by atomic mass is 79.9. The molecule has 0 aliphatic rings. The van der Waals surface area contributed by atoms with E-state index in [1.807, 2.05) is 0 Å². The molecule has 1 aromatic carbocycles. The Labute approximate surface area is 115 Å². The number of carbonyl (C=O) groups is 1. The lowest BCUT2D eigenvalue weighted by atomic mass is 10.2. The van der Waals surface area contributed by atoms with Gasteiger partial charge in [0, 0.05) is 22.3 Å². The van der Waals surface area contributed by atoms with Crippen LogP contribution in [-0.4, -0.2) is 25.8 Å². The first-order valence-electron chi connectivity index (χ1n) is 5.14. The first kappa shape index (κ1) is 13.2. The standard InChI is InChI=1S/C11H8BrN3O4/c1-6-5-14(13-10(6)11(16)17)8-3-2-7(12)4-9(8)15(18)19/h2-5H,1H3,(H,16,17).